The van der Waals surface area contributed by atoms with E-state index in [0.717, 1.165) is 21.2 Å². The molecule has 0 radical (unpaired) electrons. The highest BCUT2D eigenvalue weighted by Crippen LogP contribution is 2.32. The van der Waals surface area contributed by atoms with Gasteiger partial charge in [0.1, 0.15) is 12.4 Å². The second-order valence-electron chi connectivity index (χ2n) is 8.80. The first-order chi connectivity index (χ1) is 18.9. The maximum absolute atomic E-state index is 13.8. The van der Waals surface area contributed by atoms with Crippen molar-refractivity contribution >= 4 is 61.9 Å². The van der Waals surface area contributed by atoms with Gasteiger partial charge in [0.25, 0.3) is 5.56 Å². The van der Waals surface area contributed by atoms with E-state index in [9.17, 15) is 9.59 Å². The first-order valence-corrected chi connectivity index (χ1v) is 14.9. The van der Waals surface area contributed by atoms with Gasteiger partial charge in [-0.2, -0.15) is 0 Å². The number of halogens is 2. The summed E-state index contributed by atoms with van der Waals surface area (Å²) in [5, 5.41) is 0. The summed E-state index contributed by atoms with van der Waals surface area (Å²) in [5.74, 6) is 0.232. The Kier molecular flexibility index (Phi) is 8.49. The molecule has 6 nitrogen and oxygen atoms in total. The van der Waals surface area contributed by atoms with E-state index < -0.39 is 12.0 Å². The molecule has 0 saturated heterocycles. The average molecular weight is 715 g/mol. The predicted octanol–water partition coefficient (Wildman–Crippen LogP) is 5.74. The number of hydrogen-bond acceptors (Lipinski definition) is 6. The third-order valence-corrected chi connectivity index (χ3v) is 8.65. The van der Waals surface area contributed by atoms with Crippen LogP contribution in [0, 0.1) is 3.57 Å². The van der Waals surface area contributed by atoms with Crippen LogP contribution in [0.15, 0.2) is 98.3 Å². The molecule has 0 fully saturated rings. The summed E-state index contributed by atoms with van der Waals surface area (Å²) < 4.78 is 15.2. The molecule has 1 aromatic heterocycles. The van der Waals surface area contributed by atoms with Crippen LogP contribution in [0.2, 0.25) is 0 Å². The molecule has 0 saturated carbocycles. The minimum Gasteiger partial charge on any atom is -0.488 e. The molecule has 198 valence electrons. The van der Waals surface area contributed by atoms with Crippen LogP contribution in [0.25, 0.3) is 6.08 Å². The highest BCUT2D eigenvalue weighted by molar-refractivity contribution is 14.1. The molecule has 2 heterocycles. The lowest BCUT2D eigenvalue weighted by Gasteiger charge is -2.25. The van der Waals surface area contributed by atoms with Crippen LogP contribution >= 0.6 is 49.9 Å². The zero-order valence-electron chi connectivity index (χ0n) is 21.2. The SMILES string of the molecule is CCC1=C(C(=O)OC)[C@H](c2ccccc2)n2c(s/c(=C\c3ccc(OCc4ccc(I)cc4)c(Br)c3)c2=O)=N1. The van der Waals surface area contributed by atoms with Crippen LogP contribution in [-0.4, -0.2) is 17.6 Å². The van der Waals surface area contributed by atoms with Crippen LogP contribution in [0.3, 0.4) is 0 Å². The summed E-state index contributed by atoms with van der Waals surface area (Å²) >= 11 is 7.19. The Morgan fingerprint density at radius 3 is 2.54 bits per heavy atom. The second-order valence-corrected chi connectivity index (χ2v) is 11.9. The normalized spacial score (nSPS) is 15.1. The van der Waals surface area contributed by atoms with Crippen molar-refractivity contribution in [2.45, 2.75) is 26.0 Å². The molecule has 1 atom stereocenters. The van der Waals surface area contributed by atoms with Gasteiger partial charge in [-0.25, -0.2) is 9.79 Å². The van der Waals surface area contributed by atoms with Crippen molar-refractivity contribution in [3.8, 4) is 5.75 Å². The number of benzene rings is 3. The van der Waals surface area contributed by atoms with Gasteiger partial charge in [-0.3, -0.25) is 9.36 Å². The summed E-state index contributed by atoms with van der Waals surface area (Å²) in [4.78, 5) is 31.9. The highest BCUT2D eigenvalue weighted by Gasteiger charge is 2.33. The minimum atomic E-state index is -0.615. The van der Waals surface area contributed by atoms with Crippen LogP contribution in [0.4, 0.5) is 0 Å². The number of methoxy groups -OCH3 is 1. The molecule has 3 aromatic carbocycles. The molecule has 39 heavy (non-hydrogen) atoms. The van der Waals surface area contributed by atoms with E-state index in [2.05, 4.69) is 38.5 Å². The van der Waals surface area contributed by atoms with Gasteiger partial charge in [0.15, 0.2) is 4.80 Å². The number of allylic oxidation sites excluding steroid dienone is 1. The molecular formula is C30H24BrIN2O4S. The monoisotopic (exact) mass is 714 g/mol. The maximum atomic E-state index is 13.8. The lowest BCUT2D eigenvalue weighted by Crippen LogP contribution is -2.40. The molecular weight excluding hydrogens is 691 g/mol. The molecule has 0 N–H and O–H groups in total. The van der Waals surface area contributed by atoms with Crippen molar-refractivity contribution < 1.29 is 14.3 Å². The van der Waals surface area contributed by atoms with Gasteiger partial charge in [-0.15, -0.1) is 0 Å². The fourth-order valence-electron chi connectivity index (χ4n) is 4.43. The molecule has 1 aliphatic heterocycles. The Labute approximate surface area is 251 Å². The van der Waals surface area contributed by atoms with E-state index >= 15 is 0 Å². The van der Waals surface area contributed by atoms with Crippen molar-refractivity contribution in [2.24, 2.45) is 4.99 Å². The van der Waals surface area contributed by atoms with Gasteiger partial charge in [-0.05, 0) is 92.0 Å². The van der Waals surface area contributed by atoms with Gasteiger partial charge in [0.05, 0.1) is 33.4 Å². The Morgan fingerprint density at radius 1 is 1.13 bits per heavy atom. The Hall–Kier alpha value is -3.02. The van der Waals surface area contributed by atoms with Crippen LogP contribution in [0.5, 0.6) is 5.75 Å². The fourth-order valence-corrected chi connectivity index (χ4v) is 6.32. The molecule has 0 bridgehead atoms. The zero-order valence-corrected chi connectivity index (χ0v) is 25.7. The van der Waals surface area contributed by atoms with Crippen molar-refractivity contribution in [1.29, 1.82) is 0 Å². The molecule has 5 rings (SSSR count). The number of fused-ring (bicyclic) bond motifs is 1. The number of rotatable bonds is 7. The molecule has 0 spiro atoms. The summed E-state index contributed by atoms with van der Waals surface area (Å²) in [6.07, 6.45) is 2.38. The molecule has 0 unspecified atom stereocenters. The Morgan fingerprint density at radius 2 is 1.87 bits per heavy atom. The standard InChI is InChI=1S/C30H24BrIN2O4S/c1-3-23-26(29(36)37-2)27(20-7-5-4-6-8-20)34-28(35)25(39-30(34)33-23)16-19-11-14-24(22(31)15-19)38-17-18-9-12-21(32)13-10-18/h4-16,27H,3,17H2,1-2H3/b25-16-/t27-/m0/s1. The molecule has 0 amide bonds. The summed E-state index contributed by atoms with van der Waals surface area (Å²) in [6.45, 7) is 2.40. The average Bonchev–Trinajstić information content (AvgIpc) is 3.26. The van der Waals surface area contributed by atoms with E-state index in [0.29, 0.717) is 39.4 Å². The molecule has 1 aliphatic rings. The Bertz CT molecular complexity index is 1740. The number of carbonyl (C=O) groups excluding carboxylic acids is 1. The van der Waals surface area contributed by atoms with E-state index in [4.69, 9.17) is 14.5 Å². The Balaban J connectivity index is 1.53. The summed E-state index contributed by atoms with van der Waals surface area (Å²) in [5.41, 5.74) is 3.55. The van der Waals surface area contributed by atoms with Gasteiger partial charge in [0.2, 0.25) is 0 Å². The van der Waals surface area contributed by atoms with Gasteiger partial charge in [-0.1, -0.05) is 66.8 Å². The number of esters is 1. The van der Waals surface area contributed by atoms with E-state index in [1.54, 1.807) is 4.57 Å². The second kappa shape index (κ2) is 12.0. The van der Waals surface area contributed by atoms with Crippen molar-refractivity contribution in [3.05, 3.63) is 128 Å². The number of carbonyl (C=O) groups is 1. The van der Waals surface area contributed by atoms with E-state index in [1.165, 1.54) is 22.0 Å². The first-order valence-electron chi connectivity index (χ1n) is 12.2. The van der Waals surface area contributed by atoms with Crippen LogP contribution in [0.1, 0.15) is 36.1 Å². The van der Waals surface area contributed by atoms with Crippen molar-refractivity contribution in [3.63, 3.8) is 0 Å². The number of aromatic nitrogens is 1. The number of thiazole rings is 1. The van der Waals surface area contributed by atoms with Crippen LogP contribution in [-0.2, 0) is 16.1 Å². The summed E-state index contributed by atoms with van der Waals surface area (Å²) in [7, 11) is 1.35. The number of hydrogen-bond donors (Lipinski definition) is 0. The topological polar surface area (TPSA) is 69.9 Å². The highest BCUT2D eigenvalue weighted by atomic mass is 127. The quantitative estimate of drug-likeness (QED) is 0.181. The lowest BCUT2D eigenvalue weighted by molar-refractivity contribution is -0.136. The maximum Gasteiger partial charge on any atom is 0.338 e. The number of nitrogens with zero attached hydrogens (tertiary/aromatic N) is 2. The molecule has 4 aromatic rings. The van der Waals surface area contributed by atoms with E-state index in [1.807, 2.05) is 85.8 Å². The van der Waals surface area contributed by atoms with Gasteiger partial charge < -0.3 is 9.47 Å². The van der Waals surface area contributed by atoms with Gasteiger partial charge in [0, 0.05) is 3.57 Å². The first kappa shape index (κ1) is 27.5. The third-order valence-electron chi connectivity index (χ3n) is 6.33. The summed E-state index contributed by atoms with van der Waals surface area (Å²) in [6, 6.07) is 22.8. The molecule has 0 aliphatic carbocycles. The van der Waals surface area contributed by atoms with Gasteiger partial charge >= 0.3 is 5.97 Å². The van der Waals surface area contributed by atoms with Crippen molar-refractivity contribution in [1.82, 2.24) is 4.57 Å². The minimum absolute atomic E-state index is 0.209. The number of ether oxygens (including phenoxy) is 2. The van der Waals surface area contributed by atoms with Crippen molar-refractivity contribution in [2.75, 3.05) is 7.11 Å². The van der Waals surface area contributed by atoms with Crippen LogP contribution < -0.4 is 19.6 Å². The third kappa shape index (κ3) is 5.80. The zero-order chi connectivity index (χ0) is 27.5. The van der Waals surface area contributed by atoms with E-state index in [-0.39, 0.29) is 5.56 Å². The fraction of sp³-hybridized carbons (Fsp3) is 0.167. The largest absolute Gasteiger partial charge is 0.488 e. The lowest BCUT2D eigenvalue weighted by atomic mass is 9.95. The molecule has 9 heteroatoms. The smallest absolute Gasteiger partial charge is 0.338 e. The predicted molar refractivity (Wildman–Crippen MR) is 164 cm³/mol.